The molecule has 1 aliphatic carbocycles. The van der Waals surface area contributed by atoms with Gasteiger partial charge in [-0.1, -0.05) is 43.2 Å². The molecular formula is C15H24Cl2N2O2. The standard InChI is InChI=1S/C15H22N2O2.2ClH/c16-13(12-6-2-1-3-7-12)8-11-17-15(14(18)19)9-4-5-10-15;;/h1-3,6-7,13,17H,4-5,8-11,16H2,(H,18,19);2*1H. The van der Waals surface area contributed by atoms with E-state index >= 15 is 0 Å². The lowest BCUT2D eigenvalue weighted by atomic mass is 9.97. The number of carbonyl (C=O) groups is 1. The van der Waals surface area contributed by atoms with Crippen LogP contribution >= 0.6 is 24.8 Å². The van der Waals surface area contributed by atoms with Gasteiger partial charge in [-0.2, -0.15) is 0 Å². The summed E-state index contributed by atoms with van der Waals surface area (Å²) in [5.41, 5.74) is 6.50. The molecule has 2 rings (SSSR count). The van der Waals surface area contributed by atoms with E-state index in [0.717, 1.165) is 37.7 Å². The lowest BCUT2D eigenvalue weighted by Gasteiger charge is -2.26. The summed E-state index contributed by atoms with van der Waals surface area (Å²) in [6.07, 6.45) is 4.18. The number of halogens is 2. The summed E-state index contributed by atoms with van der Waals surface area (Å²) in [6.45, 7) is 0.641. The Morgan fingerprint density at radius 2 is 1.81 bits per heavy atom. The molecule has 1 saturated carbocycles. The van der Waals surface area contributed by atoms with Crippen LogP contribution in [0.2, 0.25) is 0 Å². The predicted octanol–water partition coefficient (Wildman–Crippen LogP) is 2.91. The monoisotopic (exact) mass is 334 g/mol. The summed E-state index contributed by atoms with van der Waals surface area (Å²) in [5, 5.41) is 12.6. The maximum atomic E-state index is 11.4. The van der Waals surface area contributed by atoms with Crippen molar-refractivity contribution in [1.82, 2.24) is 5.32 Å². The highest BCUT2D eigenvalue weighted by Crippen LogP contribution is 2.30. The number of hydrogen-bond acceptors (Lipinski definition) is 3. The van der Waals surface area contributed by atoms with Crippen molar-refractivity contribution in [3.8, 4) is 0 Å². The van der Waals surface area contributed by atoms with Crippen LogP contribution in [-0.2, 0) is 4.79 Å². The molecule has 21 heavy (non-hydrogen) atoms. The average molecular weight is 335 g/mol. The van der Waals surface area contributed by atoms with Crippen LogP contribution in [0.25, 0.3) is 0 Å². The fourth-order valence-electron chi connectivity index (χ4n) is 2.78. The van der Waals surface area contributed by atoms with Crippen molar-refractivity contribution in [3.63, 3.8) is 0 Å². The van der Waals surface area contributed by atoms with E-state index < -0.39 is 11.5 Å². The SMILES string of the molecule is Cl.Cl.NC(CCNC1(C(=O)O)CCCC1)c1ccccc1. The van der Waals surface area contributed by atoms with E-state index in [1.807, 2.05) is 30.3 Å². The Labute approximate surface area is 138 Å². The predicted molar refractivity (Wildman–Crippen MR) is 89.3 cm³/mol. The molecule has 4 nitrogen and oxygen atoms in total. The van der Waals surface area contributed by atoms with Crippen molar-refractivity contribution in [2.45, 2.75) is 43.7 Å². The minimum Gasteiger partial charge on any atom is -0.480 e. The van der Waals surface area contributed by atoms with Crippen molar-refractivity contribution in [2.24, 2.45) is 5.73 Å². The zero-order chi connectivity index (χ0) is 13.7. The number of rotatable bonds is 6. The van der Waals surface area contributed by atoms with Gasteiger partial charge in [0.1, 0.15) is 5.54 Å². The topological polar surface area (TPSA) is 75.3 Å². The molecule has 6 heteroatoms. The van der Waals surface area contributed by atoms with Crippen molar-refractivity contribution in [2.75, 3.05) is 6.54 Å². The van der Waals surface area contributed by atoms with Gasteiger partial charge in [0, 0.05) is 6.04 Å². The van der Waals surface area contributed by atoms with Crippen LogP contribution in [0.3, 0.4) is 0 Å². The molecule has 0 spiro atoms. The first-order chi connectivity index (χ1) is 9.14. The highest BCUT2D eigenvalue weighted by Gasteiger charge is 2.40. The maximum Gasteiger partial charge on any atom is 0.323 e. The van der Waals surface area contributed by atoms with Crippen molar-refractivity contribution in [3.05, 3.63) is 35.9 Å². The maximum absolute atomic E-state index is 11.4. The molecule has 1 atom stereocenters. The third-order valence-electron chi connectivity index (χ3n) is 4.01. The van der Waals surface area contributed by atoms with E-state index in [2.05, 4.69) is 5.32 Å². The minimum atomic E-state index is -0.724. The highest BCUT2D eigenvalue weighted by atomic mass is 35.5. The second-order valence-electron chi connectivity index (χ2n) is 5.33. The zero-order valence-electron chi connectivity index (χ0n) is 12.0. The third-order valence-corrected chi connectivity index (χ3v) is 4.01. The van der Waals surface area contributed by atoms with Crippen molar-refractivity contribution >= 4 is 30.8 Å². The van der Waals surface area contributed by atoms with Gasteiger partial charge in [0.05, 0.1) is 0 Å². The van der Waals surface area contributed by atoms with Crippen LogP contribution in [0.4, 0.5) is 0 Å². The van der Waals surface area contributed by atoms with E-state index in [4.69, 9.17) is 5.73 Å². The highest BCUT2D eigenvalue weighted by molar-refractivity contribution is 5.85. The number of benzene rings is 1. The van der Waals surface area contributed by atoms with Gasteiger partial charge < -0.3 is 16.2 Å². The van der Waals surface area contributed by atoms with Crippen LogP contribution in [0, 0.1) is 0 Å². The smallest absolute Gasteiger partial charge is 0.323 e. The molecule has 1 aliphatic rings. The Bertz CT molecular complexity index is 423. The van der Waals surface area contributed by atoms with E-state index in [1.54, 1.807) is 0 Å². The Hall–Kier alpha value is -0.810. The molecule has 0 aromatic heterocycles. The zero-order valence-corrected chi connectivity index (χ0v) is 13.6. The van der Waals surface area contributed by atoms with Gasteiger partial charge in [-0.15, -0.1) is 24.8 Å². The normalized spacial score (nSPS) is 17.4. The molecule has 1 fully saturated rings. The number of nitrogens with two attached hydrogens (primary N) is 1. The quantitative estimate of drug-likeness (QED) is 0.747. The molecule has 0 bridgehead atoms. The lowest BCUT2D eigenvalue weighted by molar-refractivity contribution is -0.144. The summed E-state index contributed by atoms with van der Waals surface area (Å²) in [5.74, 6) is -0.724. The molecule has 1 aromatic carbocycles. The molecule has 0 heterocycles. The van der Waals surface area contributed by atoms with Gasteiger partial charge in [0.25, 0.3) is 0 Å². The second kappa shape index (κ2) is 9.26. The molecule has 1 aromatic rings. The minimum absolute atomic E-state index is 0. The molecule has 0 aliphatic heterocycles. The summed E-state index contributed by atoms with van der Waals surface area (Å²) >= 11 is 0. The van der Waals surface area contributed by atoms with E-state index in [1.165, 1.54) is 0 Å². The van der Waals surface area contributed by atoms with Gasteiger partial charge >= 0.3 is 5.97 Å². The van der Waals surface area contributed by atoms with Crippen molar-refractivity contribution in [1.29, 1.82) is 0 Å². The Kier molecular flexibility index (Phi) is 8.90. The summed E-state index contributed by atoms with van der Waals surface area (Å²) in [6, 6.07) is 9.88. The first-order valence-electron chi connectivity index (χ1n) is 6.93. The van der Waals surface area contributed by atoms with Gasteiger partial charge in [-0.3, -0.25) is 4.79 Å². The lowest BCUT2D eigenvalue weighted by Crippen LogP contribution is -2.50. The summed E-state index contributed by atoms with van der Waals surface area (Å²) < 4.78 is 0. The largest absolute Gasteiger partial charge is 0.480 e. The molecule has 4 N–H and O–H groups in total. The molecular weight excluding hydrogens is 311 g/mol. The average Bonchev–Trinajstić information content (AvgIpc) is 2.90. The first-order valence-corrected chi connectivity index (χ1v) is 6.93. The van der Waals surface area contributed by atoms with Crippen LogP contribution < -0.4 is 11.1 Å². The van der Waals surface area contributed by atoms with Crippen LogP contribution in [0.15, 0.2) is 30.3 Å². The summed E-state index contributed by atoms with van der Waals surface area (Å²) in [7, 11) is 0. The molecule has 0 saturated heterocycles. The number of carboxylic acid groups (broad SMARTS) is 1. The molecule has 0 radical (unpaired) electrons. The summed E-state index contributed by atoms with van der Waals surface area (Å²) in [4.78, 5) is 11.4. The molecule has 0 amide bonds. The Balaban J connectivity index is 0.00000200. The van der Waals surface area contributed by atoms with Crippen LogP contribution in [0.5, 0.6) is 0 Å². The number of aliphatic carboxylic acids is 1. The third kappa shape index (κ3) is 5.15. The Morgan fingerprint density at radius 1 is 1.24 bits per heavy atom. The van der Waals surface area contributed by atoms with E-state index in [9.17, 15) is 9.90 Å². The molecule has 120 valence electrons. The first kappa shape index (κ1) is 20.2. The molecule has 1 unspecified atom stereocenters. The van der Waals surface area contributed by atoms with Gasteiger partial charge in [-0.25, -0.2) is 0 Å². The number of nitrogens with one attached hydrogen (secondary N) is 1. The number of carboxylic acids is 1. The Morgan fingerprint density at radius 3 is 2.33 bits per heavy atom. The van der Waals surface area contributed by atoms with Gasteiger partial charge in [0.2, 0.25) is 0 Å². The van der Waals surface area contributed by atoms with Gasteiger partial charge in [0.15, 0.2) is 0 Å². The van der Waals surface area contributed by atoms with Crippen molar-refractivity contribution < 1.29 is 9.90 Å². The van der Waals surface area contributed by atoms with Crippen LogP contribution in [-0.4, -0.2) is 23.2 Å². The van der Waals surface area contributed by atoms with E-state index in [-0.39, 0.29) is 30.9 Å². The fraction of sp³-hybridized carbons (Fsp3) is 0.533. The number of hydrogen-bond donors (Lipinski definition) is 3. The second-order valence-corrected chi connectivity index (χ2v) is 5.33. The van der Waals surface area contributed by atoms with Crippen LogP contribution in [0.1, 0.15) is 43.7 Å². The fourth-order valence-corrected chi connectivity index (χ4v) is 2.78. The van der Waals surface area contributed by atoms with Gasteiger partial charge in [-0.05, 0) is 31.4 Å². The van der Waals surface area contributed by atoms with E-state index in [0.29, 0.717) is 6.54 Å².